The monoisotopic (exact) mass is 519 g/mol. The van der Waals surface area contributed by atoms with Gasteiger partial charge in [-0.15, -0.1) is 0 Å². The lowest BCUT2D eigenvalue weighted by Crippen LogP contribution is -2.57. The summed E-state index contributed by atoms with van der Waals surface area (Å²) in [4.78, 5) is 13.8. The number of nitrogens with zero attached hydrogens (tertiary/aromatic N) is 2. The highest BCUT2D eigenvalue weighted by Crippen LogP contribution is 2.27. The highest BCUT2D eigenvalue weighted by atomic mass is 32.2. The lowest BCUT2D eigenvalue weighted by atomic mass is 9.96. The number of aliphatic hydroxyl groups excluding tert-OH is 1. The van der Waals surface area contributed by atoms with E-state index in [1.807, 2.05) is 51.1 Å². The van der Waals surface area contributed by atoms with Crippen molar-refractivity contribution >= 4 is 21.8 Å². The third kappa shape index (κ3) is 6.76. The lowest BCUT2D eigenvalue weighted by Gasteiger charge is -2.39. The fourth-order valence-corrected chi connectivity index (χ4v) is 6.31. The molecule has 1 aliphatic rings. The van der Waals surface area contributed by atoms with E-state index in [1.54, 1.807) is 0 Å². The van der Waals surface area contributed by atoms with Gasteiger partial charge in [0, 0.05) is 25.4 Å². The zero-order valence-electron chi connectivity index (χ0n) is 21.0. The molecule has 10 heteroatoms. The van der Waals surface area contributed by atoms with Crippen LogP contribution >= 0.6 is 0 Å². The standard InChI is InChI=1S/C26H37N3O6S/c1-18(2)16-28(36(33,34)22-11-9-21(27)10-12-22)17-25(30)24(15-20-7-5-4-6-8-20)29(26(31)32)23-13-14-35-19(23)3/h4-12,18-19,23-25,30H,13-17,27H2,1-3H3,(H,31,32)/t19?,23-,24-,25+/m0/s1. The molecule has 1 aliphatic heterocycles. The van der Waals surface area contributed by atoms with Crippen molar-refractivity contribution in [3.8, 4) is 0 Å². The predicted octanol–water partition coefficient (Wildman–Crippen LogP) is 3.05. The average Bonchev–Trinajstić information content (AvgIpc) is 3.24. The minimum atomic E-state index is -3.96. The summed E-state index contributed by atoms with van der Waals surface area (Å²) in [6, 6.07) is 13.9. The summed E-state index contributed by atoms with van der Waals surface area (Å²) in [5.74, 6) is -0.0211. The number of carboxylic acid groups (broad SMARTS) is 1. The first-order valence-electron chi connectivity index (χ1n) is 12.2. The molecule has 36 heavy (non-hydrogen) atoms. The van der Waals surface area contributed by atoms with Crippen molar-refractivity contribution in [1.82, 2.24) is 9.21 Å². The zero-order valence-corrected chi connectivity index (χ0v) is 21.8. The van der Waals surface area contributed by atoms with Crippen molar-refractivity contribution in [2.45, 2.75) is 62.8 Å². The largest absolute Gasteiger partial charge is 0.465 e. The van der Waals surface area contributed by atoms with E-state index in [1.165, 1.54) is 33.5 Å². The third-order valence-corrected chi connectivity index (χ3v) is 8.33. The SMILES string of the molecule is CC(C)CN(C[C@@H](O)[C@H](Cc1ccccc1)N(C(=O)O)[C@H]1CCOC1C)S(=O)(=O)c1ccc(N)cc1. The fourth-order valence-electron chi connectivity index (χ4n) is 4.69. The van der Waals surface area contributed by atoms with E-state index in [2.05, 4.69) is 0 Å². The number of sulfonamides is 1. The summed E-state index contributed by atoms with van der Waals surface area (Å²) in [5.41, 5.74) is 7.02. The molecule has 0 radical (unpaired) electrons. The molecule has 1 saturated heterocycles. The second-order valence-electron chi connectivity index (χ2n) is 9.73. The first-order valence-corrected chi connectivity index (χ1v) is 13.6. The van der Waals surface area contributed by atoms with Gasteiger partial charge in [-0.05, 0) is 55.5 Å². The molecule has 0 saturated carbocycles. The van der Waals surface area contributed by atoms with Crippen LogP contribution in [0.15, 0.2) is 59.5 Å². The van der Waals surface area contributed by atoms with Gasteiger partial charge in [0.05, 0.1) is 29.2 Å². The topological polar surface area (TPSA) is 133 Å². The van der Waals surface area contributed by atoms with Crippen LogP contribution in [0.2, 0.25) is 0 Å². The highest BCUT2D eigenvalue weighted by Gasteiger charge is 2.41. The van der Waals surface area contributed by atoms with Crippen molar-refractivity contribution in [2.24, 2.45) is 5.92 Å². The number of carbonyl (C=O) groups is 1. The van der Waals surface area contributed by atoms with Gasteiger partial charge in [0.2, 0.25) is 10.0 Å². The normalized spacial score (nSPS) is 19.9. The van der Waals surface area contributed by atoms with Crippen LogP contribution in [0, 0.1) is 5.92 Å². The molecule has 0 bridgehead atoms. The molecule has 0 spiro atoms. The van der Waals surface area contributed by atoms with Gasteiger partial charge < -0.3 is 20.7 Å². The van der Waals surface area contributed by atoms with Gasteiger partial charge in [-0.1, -0.05) is 44.2 Å². The number of aliphatic hydroxyl groups is 1. The van der Waals surface area contributed by atoms with Gasteiger partial charge in [-0.25, -0.2) is 13.2 Å². The Morgan fingerprint density at radius 2 is 1.75 bits per heavy atom. The Hall–Kier alpha value is -2.66. The molecular weight excluding hydrogens is 482 g/mol. The smallest absolute Gasteiger partial charge is 0.407 e. The quantitative estimate of drug-likeness (QED) is 0.389. The summed E-state index contributed by atoms with van der Waals surface area (Å²) in [6.45, 7) is 5.93. The molecule has 1 heterocycles. The van der Waals surface area contributed by atoms with Gasteiger partial charge in [0.25, 0.3) is 0 Å². The van der Waals surface area contributed by atoms with E-state index in [0.29, 0.717) is 18.7 Å². The van der Waals surface area contributed by atoms with Crippen LogP contribution < -0.4 is 5.73 Å². The lowest BCUT2D eigenvalue weighted by molar-refractivity contribution is 0.00119. The highest BCUT2D eigenvalue weighted by molar-refractivity contribution is 7.89. The summed E-state index contributed by atoms with van der Waals surface area (Å²) < 4.78 is 33.9. The van der Waals surface area contributed by atoms with Crippen LogP contribution in [0.1, 0.15) is 32.8 Å². The van der Waals surface area contributed by atoms with E-state index in [0.717, 1.165) is 5.56 Å². The maximum absolute atomic E-state index is 13.5. The van der Waals surface area contributed by atoms with E-state index < -0.39 is 34.3 Å². The van der Waals surface area contributed by atoms with Gasteiger partial charge >= 0.3 is 6.09 Å². The number of nitrogen functional groups attached to an aromatic ring is 1. The minimum absolute atomic E-state index is 0.0211. The number of hydrogen-bond acceptors (Lipinski definition) is 6. The number of hydrogen-bond donors (Lipinski definition) is 3. The molecule has 1 fully saturated rings. The first-order chi connectivity index (χ1) is 17.0. The molecule has 1 unspecified atom stereocenters. The molecular formula is C26H37N3O6S. The Bertz CT molecular complexity index is 1090. The summed E-state index contributed by atoms with van der Waals surface area (Å²) >= 11 is 0. The van der Waals surface area contributed by atoms with E-state index in [4.69, 9.17) is 10.5 Å². The van der Waals surface area contributed by atoms with Crippen molar-refractivity contribution in [3.63, 3.8) is 0 Å². The Balaban J connectivity index is 1.97. The van der Waals surface area contributed by atoms with Gasteiger partial charge in [-0.3, -0.25) is 4.90 Å². The third-order valence-electron chi connectivity index (χ3n) is 6.48. The van der Waals surface area contributed by atoms with Crippen LogP contribution in [0.3, 0.4) is 0 Å². The van der Waals surface area contributed by atoms with Crippen LogP contribution in [0.4, 0.5) is 10.5 Å². The van der Waals surface area contributed by atoms with Crippen molar-refractivity contribution in [2.75, 3.05) is 25.4 Å². The zero-order chi connectivity index (χ0) is 26.5. The molecule has 1 amide bonds. The second kappa shape index (κ2) is 12.1. The molecule has 2 aromatic carbocycles. The minimum Gasteiger partial charge on any atom is -0.465 e. The van der Waals surface area contributed by atoms with Crippen molar-refractivity contribution in [3.05, 3.63) is 60.2 Å². The Kier molecular flexibility index (Phi) is 9.35. The molecule has 0 aliphatic carbocycles. The number of ether oxygens (including phenoxy) is 1. The molecule has 9 nitrogen and oxygen atoms in total. The van der Waals surface area contributed by atoms with Crippen LogP contribution in [0.5, 0.6) is 0 Å². The predicted molar refractivity (Wildman–Crippen MR) is 138 cm³/mol. The maximum Gasteiger partial charge on any atom is 0.407 e. The number of amides is 1. The molecule has 198 valence electrons. The number of benzene rings is 2. The van der Waals surface area contributed by atoms with E-state index in [-0.39, 0.29) is 36.4 Å². The van der Waals surface area contributed by atoms with Gasteiger partial charge in [0.15, 0.2) is 0 Å². The maximum atomic E-state index is 13.5. The summed E-state index contributed by atoms with van der Waals surface area (Å²) in [5, 5.41) is 21.7. The first kappa shape index (κ1) is 27.9. The average molecular weight is 520 g/mol. The summed E-state index contributed by atoms with van der Waals surface area (Å²) in [6.07, 6.45) is -2.05. The number of nitrogens with two attached hydrogens (primary N) is 1. The number of anilines is 1. The summed E-state index contributed by atoms with van der Waals surface area (Å²) in [7, 11) is -3.96. The van der Waals surface area contributed by atoms with Crippen molar-refractivity contribution in [1.29, 1.82) is 0 Å². The van der Waals surface area contributed by atoms with E-state index >= 15 is 0 Å². The van der Waals surface area contributed by atoms with Gasteiger partial charge in [0.1, 0.15) is 0 Å². The second-order valence-corrected chi connectivity index (χ2v) is 11.7. The fraction of sp³-hybridized carbons (Fsp3) is 0.500. The molecule has 2 aromatic rings. The Morgan fingerprint density at radius 1 is 1.11 bits per heavy atom. The Morgan fingerprint density at radius 3 is 2.28 bits per heavy atom. The van der Waals surface area contributed by atoms with E-state index in [9.17, 15) is 23.4 Å². The molecule has 4 N–H and O–H groups in total. The van der Waals surface area contributed by atoms with Crippen molar-refractivity contribution < 1.29 is 28.2 Å². The van der Waals surface area contributed by atoms with Crippen LogP contribution in [-0.4, -0.2) is 77.9 Å². The Labute approximate surface area is 213 Å². The van der Waals surface area contributed by atoms with Crippen LogP contribution in [-0.2, 0) is 21.2 Å². The molecule has 0 aromatic heterocycles. The number of rotatable bonds is 11. The van der Waals surface area contributed by atoms with Gasteiger partial charge in [-0.2, -0.15) is 4.31 Å². The molecule has 4 atom stereocenters. The molecule has 3 rings (SSSR count). The van der Waals surface area contributed by atoms with Crippen LogP contribution in [0.25, 0.3) is 0 Å².